The van der Waals surface area contributed by atoms with E-state index < -0.39 is 10.3 Å². The van der Waals surface area contributed by atoms with Crippen molar-refractivity contribution in [2.24, 2.45) is 0 Å². The molecule has 1 aromatic heterocycles. The van der Waals surface area contributed by atoms with Crippen LogP contribution in [0.5, 0.6) is 5.75 Å². The van der Waals surface area contributed by atoms with Crippen LogP contribution < -0.4 is 4.18 Å². The summed E-state index contributed by atoms with van der Waals surface area (Å²) >= 11 is 5.86. The van der Waals surface area contributed by atoms with Crippen LogP contribution in [0, 0.1) is 6.92 Å². The van der Waals surface area contributed by atoms with Gasteiger partial charge in [0.1, 0.15) is 5.75 Å². The lowest BCUT2D eigenvalue weighted by atomic mass is 10.1. The van der Waals surface area contributed by atoms with Gasteiger partial charge in [-0.25, -0.2) is 0 Å². The summed E-state index contributed by atoms with van der Waals surface area (Å²) in [6.45, 7) is 1.65. The van der Waals surface area contributed by atoms with Crippen molar-refractivity contribution in [1.82, 2.24) is 9.19 Å². The molecule has 0 aliphatic heterocycles. The third-order valence-corrected chi connectivity index (χ3v) is 4.59. The molecule has 0 radical (unpaired) electrons. The lowest BCUT2D eigenvalue weighted by Crippen LogP contribution is -2.21. The predicted octanol–water partition coefficient (Wildman–Crippen LogP) is 3.68. The zero-order valence-electron chi connectivity index (χ0n) is 12.2. The number of hydrogen-bond acceptors (Lipinski definition) is 4. The molecular weight excluding hydrogens is 336 g/mol. The second-order valence-electron chi connectivity index (χ2n) is 4.87. The Hall–Kier alpha value is -2.31. The second-order valence-corrected chi connectivity index (χ2v) is 6.68. The Kier molecular flexibility index (Phi) is 4.11. The fourth-order valence-electron chi connectivity index (χ4n) is 2.08. The zero-order chi connectivity index (χ0) is 16.4. The zero-order valence-corrected chi connectivity index (χ0v) is 13.8. The third-order valence-electron chi connectivity index (χ3n) is 3.14. The molecule has 0 bridgehead atoms. The van der Waals surface area contributed by atoms with Gasteiger partial charge in [0.15, 0.2) is 0 Å². The summed E-state index contributed by atoms with van der Waals surface area (Å²) in [5.74, 6) is 0.232. The van der Waals surface area contributed by atoms with Gasteiger partial charge in [-0.3, -0.25) is 0 Å². The lowest BCUT2D eigenvalue weighted by Gasteiger charge is -2.07. The van der Waals surface area contributed by atoms with Crippen LogP contribution >= 0.6 is 11.6 Å². The van der Waals surface area contributed by atoms with Gasteiger partial charge in [-0.15, -0.1) is 4.09 Å². The molecule has 0 saturated carbocycles. The Morgan fingerprint density at radius 2 is 1.70 bits per heavy atom. The second kappa shape index (κ2) is 6.06. The molecule has 5 nitrogen and oxygen atoms in total. The molecule has 0 spiro atoms. The highest BCUT2D eigenvalue weighted by Crippen LogP contribution is 2.22. The van der Waals surface area contributed by atoms with Crippen molar-refractivity contribution in [2.45, 2.75) is 6.92 Å². The van der Waals surface area contributed by atoms with Gasteiger partial charge in [-0.05, 0) is 37.3 Å². The molecule has 0 saturated heterocycles. The maximum absolute atomic E-state index is 12.4. The summed E-state index contributed by atoms with van der Waals surface area (Å²) in [5.41, 5.74) is 1.75. The first-order valence-electron chi connectivity index (χ1n) is 6.78. The van der Waals surface area contributed by atoms with Crippen molar-refractivity contribution >= 4 is 21.9 Å². The summed E-state index contributed by atoms with van der Waals surface area (Å²) in [5, 5.41) is 4.74. The summed E-state index contributed by atoms with van der Waals surface area (Å²) in [6.07, 6.45) is 0. The van der Waals surface area contributed by atoms with Crippen molar-refractivity contribution in [2.75, 3.05) is 0 Å². The molecule has 23 heavy (non-hydrogen) atoms. The van der Waals surface area contributed by atoms with Gasteiger partial charge in [-0.2, -0.15) is 13.5 Å². The van der Waals surface area contributed by atoms with Crippen molar-refractivity contribution in [3.05, 3.63) is 71.4 Å². The van der Waals surface area contributed by atoms with Gasteiger partial charge in [0.25, 0.3) is 0 Å². The van der Waals surface area contributed by atoms with E-state index in [9.17, 15) is 8.42 Å². The van der Waals surface area contributed by atoms with Crippen LogP contribution in [0.15, 0.2) is 60.7 Å². The van der Waals surface area contributed by atoms with Gasteiger partial charge in [0.2, 0.25) is 0 Å². The molecule has 7 heteroatoms. The first kappa shape index (κ1) is 15.6. The third kappa shape index (κ3) is 3.38. The summed E-state index contributed by atoms with van der Waals surface area (Å²) in [7, 11) is -4.06. The number of hydrogen-bond donors (Lipinski definition) is 0. The molecule has 0 N–H and O–H groups in total. The molecule has 0 atom stereocenters. The normalized spacial score (nSPS) is 11.4. The van der Waals surface area contributed by atoms with Crippen LogP contribution in [0.3, 0.4) is 0 Å². The fraction of sp³-hybridized carbons (Fsp3) is 0.0625. The topological polar surface area (TPSA) is 61.2 Å². The largest absolute Gasteiger partial charge is 0.429 e. The van der Waals surface area contributed by atoms with Crippen LogP contribution in [0.25, 0.3) is 11.3 Å². The van der Waals surface area contributed by atoms with E-state index in [1.807, 2.05) is 0 Å². The van der Waals surface area contributed by atoms with E-state index in [0.29, 0.717) is 16.4 Å². The van der Waals surface area contributed by atoms with Crippen molar-refractivity contribution in [3.63, 3.8) is 0 Å². The lowest BCUT2D eigenvalue weighted by molar-refractivity contribution is 0.468. The highest BCUT2D eigenvalue weighted by molar-refractivity contribution is 7.85. The first-order valence-corrected chi connectivity index (χ1v) is 8.53. The monoisotopic (exact) mass is 348 g/mol. The molecule has 1 heterocycles. The van der Waals surface area contributed by atoms with Gasteiger partial charge in [-0.1, -0.05) is 41.9 Å². The molecule has 0 fully saturated rings. The van der Waals surface area contributed by atoms with Crippen LogP contribution in [0.2, 0.25) is 5.02 Å². The van der Waals surface area contributed by atoms with Gasteiger partial charge in [0.05, 0.1) is 11.4 Å². The molecule has 0 aliphatic rings. The number of aromatic nitrogens is 2. The average molecular weight is 349 g/mol. The molecule has 0 unspecified atom stereocenters. The van der Waals surface area contributed by atoms with E-state index in [1.54, 1.807) is 67.6 Å². The van der Waals surface area contributed by atoms with Crippen molar-refractivity contribution < 1.29 is 12.6 Å². The Morgan fingerprint density at radius 1 is 1.04 bits per heavy atom. The SMILES string of the molecule is Cc1cc(-c2ccc(Cl)cc2)nn1S(=O)(=O)Oc1ccccc1. The summed E-state index contributed by atoms with van der Waals surface area (Å²) in [4.78, 5) is 0. The number of aryl methyl sites for hydroxylation is 1. The number of halogens is 1. The van der Waals surface area contributed by atoms with E-state index in [-0.39, 0.29) is 5.75 Å². The minimum absolute atomic E-state index is 0.232. The van der Waals surface area contributed by atoms with Crippen molar-refractivity contribution in [1.29, 1.82) is 0 Å². The summed E-state index contributed by atoms with van der Waals surface area (Å²) < 4.78 is 30.7. The standard InChI is InChI=1S/C16H13ClN2O3S/c1-12-11-16(13-7-9-14(17)10-8-13)18-19(12)23(20,21)22-15-5-3-2-4-6-15/h2-11H,1H3. The van der Waals surface area contributed by atoms with Crippen LogP contribution in [-0.2, 0) is 10.3 Å². The van der Waals surface area contributed by atoms with Crippen LogP contribution in [0.4, 0.5) is 0 Å². The minimum Gasteiger partial charge on any atom is -0.366 e. The average Bonchev–Trinajstić information content (AvgIpc) is 2.91. The molecular formula is C16H13ClN2O3S. The molecule has 0 amide bonds. The number of benzene rings is 2. The Bertz CT molecular complexity index is 920. The highest BCUT2D eigenvalue weighted by atomic mass is 35.5. The molecule has 3 aromatic rings. The Balaban J connectivity index is 1.95. The number of rotatable bonds is 4. The van der Waals surface area contributed by atoms with E-state index in [2.05, 4.69) is 5.10 Å². The molecule has 3 rings (SSSR count). The van der Waals surface area contributed by atoms with Gasteiger partial charge < -0.3 is 4.18 Å². The van der Waals surface area contributed by atoms with Gasteiger partial charge in [0, 0.05) is 10.6 Å². The van der Waals surface area contributed by atoms with Crippen LogP contribution in [0.1, 0.15) is 5.69 Å². The fourth-order valence-corrected chi connectivity index (χ4v) is 3.22. The van der Waals surface area contributed by atoms with Gasteiger partial charge >= 0.3 is 10.3 Å². The Labute approximate surface area is 139 Å². The van der Waals surface area contributed by atoms with Crippen molar-refractivity contribution in [3.8, 4) is 17.0 Å². The molecule has 2 aromatic carbocycles. The quantitative estimate of drug-likeness (QED) is 0.721. The summed E-state index contributed by atoms with van der Waals surface area (Å²) in [6, 6.07) is 17.0. The highest BCUT2D eigenvalue weighted by Gasteiger charge is 2.20. The Morgan fingerprint density at radius 3 is 2.35 bits per heavy atom. The molecule has 118 valence electrons. The maximum Gasteiger partial charge on any atom is 0.429 e. The van der Waals surface area contributed by atoms with E-state index in [1.165, 1.54) is 0 Å². The molecule has 0 aliphatic carbocycles. The van der Waals surface area contributed by atoms with E-state index in [0.717, 1.165) is 9.65 Å². The van der Waals surface area contributed by atoms with E-state index in [4.69, 9.17) is 15.8 Å². The van der Waals surface area contributed by atoms with Crippen LogP contribution in [-0.4, -0.2) is 17.6 Å². The number of para-hydroxylation sites is 1. The van der Waals surface area contributed by atoms with E-state index >= 15 is 0 Å². The predicted molar refractivity (Wildman–Crippen MR) is 88.8 cm³/mol. The number of nitrogens with zero attached hydrogens (tertiary/aromatic N) is 2. The minimum atomic E-state index is -4.06. The maximum atomic E-state index is 12.4. The first-order chi connectivity index (χ1) is 11.0. The smallest absolute Gasteiger partial charge is 0.366 e.